The molecule has 0 bridgehead atoms. The molecule has 0 saturated carbocycles. The Morgan fingerprint density at radius 1 is 1.13 bits per heavy atom. The second-order valence-electron chi connectivity index (χ2n) is 7.00. The minimum atomic E-state index is -3.77. The Bertz CT molecular complexity index is 1010. The van der Waals surface area contributed by atoms with Gasteiger partial charge in [-0.15, -0.1) is 0 Å². The zero-order valence-corrected chi connectivity index (χ0v) is 19.0. The van der Waals surface area contributed by atoms with Crippen LogP contribution in [0.25, 0.3) is 0 Å². The van der Waals surface area contributed by atoms with E-state index in [0.29, 0.717) is 5.02 Å². The molecule has 0 aliphatic carbocycles. The number of sulfonamides is 1. The van der Waals surface area contributed by atoms with Gasteiger partial charge in [0.25, 0.3) is 0 Å². The van der Waals surface area contributed by atoms with Gasteiger partial charge in [-0.25, -0.2) is 8.42 Å². The predicted octanol–water partition coefficient (Wildman–Crippen LogP) is 2.58. The van der Waals surface area contributed by atoms with Crippen LogP contribution in [-0.2, 0) is 26.2 Å². The minimum absolute atomic E-state index is 0.167. The number of anilines is 1. The van der Waals surface area contributed by atoms with E-state index < -0.39 is 28.5 Å². The standard InChI is InChI=1S/C21H26ClN3O4S/c1-15-10-11-18(12-19(15)22)25(30(4,28)29)14-20(26)24(16(2)21(27)23-3)13-17-8-6-5-7-9-17/h5-12,16H,13-14H2,1-4H3,(H,23,27)/t16-/m1/s1. The maximum absolute atomic E-state index is 13.2. The van der Waals surface area contributed by atoms with Gasteiger partial charge in [0.05, 0.1) is 11.9 Å². The Labute approximate surface area is 182 Å². The fourth-order valence-corrected chi connectivity index (χ4v) is 3.94. The number of carbonyl (C=O) groups excluding carboxylic acids is 2. The lowest BCUT2D eigenvalue weighted by Crippen LogP contribution is -2.50. The summed E-state index contributed by atoms with van der Waals surface area (Å²) in [5.74, 6) is -0.847. The van der Waals surface area contributed by atoms with Crippen LogP contribution in [0, 0.1) is 6.92 Å². The molecule has 7 nitrogen and oxygen atoms in total. The number of nitrogens with one attached hydrogen (secondary N) is 1. The van der Waals surface area contributed by atoms with Gasteiger partial charge in [-0.1, -0.05) is 48.0 Å². The first-order valence-electron chi connectivity index (χ1n) is 9.33. The molecule has 0 radical (unpaired) electrons. The van der Waals surface area contributed by atoms with Crippen molar-refractivity contribution < 1.29 is 18.0 Å². The number of aryl methyl sites for hydroxylation is 1. The van der Waals surface area contributed by atoms with E-state index in [2.05, 4.69) is 5.32 Å². The van der Waals surface area contributed by atoms with Gasteiger partial charge in [-0.3, -0.25) is 13.9 Å². The first-order chi connectivity index (χ1) is 14.0. The Kier molecular flexibility index (Phi) is 7.86. The third kappa shape index (κ3) is 5.96. The Hall–Kier alpha value is -2.58. The van der Waals surface area contributed by atoms with E-state index in [4.69, 9.17) is 11.6 Å². The number of hydrogen-bond donors (Lipinski definition) is 1. The second-order valence-corrected chi connectivity index (χ2v) is 9.31. The smallest absolute Gasteiger partial charge is 0.244 e. The van der Waals surface area contributed by atoms with E-state index in [9.17, 15) is 18.0 Å². The first kappa shape index (κ1) is 23.7. The molecule has 0 unspecified atom stereocenters. The molecule has 0 aromatic heterocycles. The highest BCUT2D eigenvalue weighted by Gasteiger charge is 2.29. The van der Waals surface area contributed by atoms with Crippen molar-refractivity contribution in [3.63, 3.8) is 0 Å². The molecule has 30 heavy (non-hydrogen) atoms. The Balaban J connectivity index is 2.38. The summed E-state index contributed by atoms with van der Waals surface area (Å²) < 4.78 is 25.9. The summed E-state index contributed by atoms with van der Waals surface area (Å²) in [5, 5.41) is 2.93. The summed E-state index contributed by atoms with van der Waals surface area (Å²) in [7, 11) is -2.29. The molecular formula is C21H26ClN3O4S. The summed E-state index contributed by atoms with van der Waals surface area (Å²) in [4.78, 5) is 26.8. The van der Waals surface area contributed by atoms with Crippen LogP contribution < -0.4 is 9.62 Å². The van der Waals surface area contributed by atoms with Crippen molar-refractivity contribution in [2.45, 2.75) is 26.4 Å². The zero-order chi connectivity index (χ0) is 22.5. The summed E-state index contributed by atoms with van der Waals surface area (Å²) in [6.45, 7) is 3.12. The lowest BCUT2D eigenvalue weighted by Gasteiger charge is -2.31. The number of carbonyl (C=O) groups is 2. The molecule has 2 amide bonds. The van der Waals surface area contributed by atoms with Gasteiger partial charge in [0.15, 0.2) is 0 Å². The molecule has 1 N–H and O–H groups in total. The lowest BCUT2D eigenvalue weighted by atomic mass is 10.1. The van der Waals surface area contributed by atoms with Crippen LogP contribution in [0.1, 0.15) is 18.1 Å². The molecule has 9 heteroatoms. The van der Waals surface area contributed by atoms with E-state index in [-0.39, 0.29) is 18.1 Å². The monoisotopic (exact) mass is 451 g/mol. The van der Waals surface area contributed by atoms with Crippen molar-refractivity contribution in [1.82, 2.24) is 10.2 Å². The SMILES string of the molecule is CNC(=O)[C@@H](C)N(Cc1ccccc1)C(=O)CN(c1ccc(C)c(Cl)c1)S(C)(=O)=O. The molecule has 0 spiro atoms. The summed E-state index contributed by atoms with van der Waals surface area (Å²) in [5.41, 5.74) is 1.90. The molecule has 0 aliphatic heterocycles. The number of amides is 2. The number of benzene rings is 2. The van der Waals surface area contributed by atoms with Crippen molar-refractivity contribution in [1.29, 1.82) is 0 Å². The van der Waals surface area contributed by atoms with Gasteiger partial charge >= 0.3 is 0 Å². The second kappa shape index (κ2) is 9.95. The highest BCUT2D eigenvalue weighted by molar-refractivity contribution is 7.92. The van der Waals surface area contributed by atoms with Gasteiger partial charge in [-0.2, -0.15) is 0 Å². The van der Waals surface area contributed by atoms with E-state index in [1.54, 1.807) is 26.0 Å². The fraction of sp³-hybridized carbons (Fsp3) is 0.333. The van der Waals surface area contributed by atoms with Crippen LogP contribution in [0.3, 0.4) is 0 Å². The molecule has 2 rings (SSSR count). The van der Waals surface area contributed by atoms with Crippen LogP contribution in [0.5, 0.6) is 0 Å². The number of halogens is 1. The van der Waals surface area contributed by atoms with Gasteiger partial charge in [0.1, 0.15) is 12.6 Å². The van der Waals surface area contributed by atoms with Crippen molar-refractivity contribution in [2.24, 2.45) is 0 Å². The largest absolute Gasteiger partial charge is 0.357 e. The highest BCUT2D eigenvalue weighted by atomic mass is 35.5. The maximum Gasteiger partial charge on any atom is 0.244 e. The lowest BCUT2D eigenvalue weighted by molar-refractivity contribution is -0.139. The van der Waals surface area contributed by atoms with Crippen LogP contribution in [0.4, 0.5) is 5.69 Å². The van der Waals surface area contributed by atoms with Crippen LogP contribution in [0.2, 0.25) is 5.02 Å². The summed E-state index contributed by atoms with van der Waals surface area (Å²) >= 11 is 6.16. The molecule has 2 aromatic carbocycles. The number of likely N-dealkylation sites (N-methyl/N-ethyl adjacent to an activating group) is 1. The Morgan fingerprint density at radius 3 is 2.30 bits per heavy atom. The number of nitrogens with zero attached hydrogens (tertiary/aromatic N) is 2. The molecule has 0 fully saturated rings. The molecule has 1 atom stereocenters. The first-order valence-corrected chi connectivity index (χ1v) is 11.6. The zero-order valence-electron chi connectivity index (χ0n) is 17.4. The Morgan fingerprint density at radius 2 is 1.77 bits per heavy atom. The van der Waals surface area contributed by atoms with Gasteiger partial charge in [0, 0.05) is 18.6 Å². The summed E-state index contributed by atoms with van der Waals surface area (Å²) in [6, 6.07) is 13.2. The molecule has 0 saturated heterocycles. The molecule has 162 valence electrons. The number of hydrogen-bond acceptors (Lipinski definition) is 4. The van der Waals surface area contributed by atoms with Gasteiger partial charge < -0.3 is 10.2 Å². The molecule has 0 aliphatic rings. The van der Waals surface area contributed by atoms with Gasteiger partial charge in [-0.05, 0) is 37.1 Å². The van der Waals surface area contributed by atoms with E-state index in [1.807, 2.05) is 30.3 Å². The van der Waals surface area contributed by atoms with Crippen LogP contribution >= 0.6 is 11.6 Å². The highest BCUT2D eigenvalue weighted by Crippen LogP contribution is 2.25. The number of rotatable bonds is 8. The quantitative estimate of drug-likeness (QED) is 0.668. The van der Waals surface area contributed by atoms with Gasteiger partial charge in [0.2, 0.25) is 21.8 Å². The van der Waals surface area contributed by atoms with Crippen LogP contribution in [0.15, 0.2) is 48.5 Å². The fourth-order valence-electron chi connectivity index (χ4n) is 2.92. The maximum atomic E-state index is 13.2. The van der Waals surface area contributed by atoms with Crippen molar-refractivity contribution in [2.75, 3.05) is 24.2 Å². The topological polar surface area (TPSA) is 86.8 Å². The average Bonchev–Trinajstić information content (AvgIpc) is 2.71. The third-order valence-electron chi connectivity index (χ3n) is 4.73. The normalized spacial score (nSPS) is 12.2. The van der Waals surface area contributed by atoms with Crippen LogP contribution in [-0.4, -0.2) is 51.0 Å². The van der Waals surface area contributed by atoms with Crippen molar-refractivity contribution in [3.05, 3.63) is 64.7 Å². The third-order valence-corrected chi connectivity index (χ3v) is 6.28. The molecule has 2 aromatic rings. The molecule has 0 heterocycles. The van der Waals surface area contributed by atoms with Crippen molar-refractivity contribution in [3.8, 4) is 0 Å². The predicted molar refractivity (Wildman–Crippen MR) is 119 cm³/mol. The minimum Gasteiger partial charge on any atom is -0.357 e. The molecular weight excluding hydrogens is 426 g/mol. The van der Waals surface area contributed by atoms with E-state index >= 15 is 0 Å². The summed E-state index contributed by atoms with van der Waals surface area (Å²) in [6.07, 6.45) is 1.03. The van der Waals surface area contributed by atoms with E-state index in [0.717, 1.165) is 21.7 Å². The van der Waals surface area contributed by atoms with E-state index in [1.165, 1.54) is 18.0 Å². The van der Waals surface area contributed by atoms with Crippen molar-refractivity contribution >= 4 is 39.1 Å². The average molecular weight is 452 g/mol.